The Hall–Kier alpha value is -1.01. The lowest BCUT2D eigenvalue weighted by atomic mass is 10.3. The molecule has 0 radical (unpaired) electrons. The number of halogens is 3. The van der Waals surface area contributed by atoms with E-state index >= 15 is 0 Å². The highest BCUT2D eigenvalue weighted by Crippen LogP contribution is 2.34. The second kappa shape index (κ2) is 7.31. The Bertz CT molecular complexity index is 661. The summed E-state index contributed by atoms with van der Waals surface area (Å²) in [5.41, 5.74) is 1.24. The number of nitrogens with one attached hydrogen (secondary N) is 1. The summed E-state index contributed by atoms with van der Waals surface area (Å²) in [5, 5.41) is 6.65. The summed E-state index contributed by atoms with van der Waals surface area (Å²) in [4.78, 5) is 15.7. The standard InChI is InChI=1S/C13H11Cl3N2O2S/c1-2-20-12(19)3-7-6-21-13(17-7)18-11-5-9(15)8(14)4-10(11)16/h4-6H,2-3H2,1H3,(H,17,18). The van der Waals surface area contributed by atoms with Gasteiger partial charge in [0, 0.05) is 5.38 Å². The highest BCUT2D eigenvalue weighted by Gasteiger charge is 2.11. The van der Waals surface area contributed by atoms with Crippen LogP contribution in [0.4, 0.5) is 10.8 Å². The van der Waals surface area contributed by atoms with Gasteiger partial charge in [-0.15, -0.1) is 11.3 Å². The van der Waals surface area contributed by atoms with Crippen LogP contribution in [-0.4, -0.2) is 17.6 Å². The normalized spacial score (nSPS) is 10.5. The molecule has 0 aliphatic carbocycles. The van der Waals surface area contributed by atoms with E-state index in [0.29, 0.717) is 38.2 Å². The zero-order valence-corrected chi connectivity index (χ0v) is 14.0. The molecule has 0 unspecified atom stereocenters. The number of benzene rings is 1. The molecule has 2 rings (SSSR count). The van der Waals surface area contributed by atoms with Crippen molar-refractivity contribution in [3.63, 3.8) is 0 Å². The van der Waals surface area contributed by atoms with Crippen LogP contribution in [0.25, 0.3) is 0 Å². The van der Waals surface area contributed by atoms with Crippen molar-refractivity contribution in [1.29, 1.82) is 0 Å². The van der Waals surface area contributed by atoms with Gasteiger partial charge in [0.25, 0.3) is 0 Å². The van der Waals surface area contributed by atoms with Crippen LogP contribution in [0.3, 0.4) is 0 Å². The first kappa shape index (κ1) is 16.4. The summed E-state index contributed by atoms with van der Waals surface area (Å²) in [5.74, 6) is -0.304. The van der Waals surface area contributed by atoms with Gasteiger partial charge in [0.05, 0.1) is 39.5 Å². The molecule has 0 aliphatic heterocycles. The van der Waals surface area contributed by atoms with Crippen LogP contribution in [0.1, 0.15) is 12.6 Å². The fourth-order valence-corrected chi connectivity index (χ4v) is 2.86. The molecule has 0 atom stereocenters. The van der Waals surface area contributed by atoms with Gasteiger partial charge in [-0.05, 0) is 19.1 Å². The molecule has 0 amide bonds. The Morgan fingerprint density at radius 3 is 2.71 bits per heavy atom. The third-order valence-corrected chi connectivity index (χ3v) is 4.28. The average Bonchev–Trinajstić information content (AvgIpc) is 2.83. The number of carbonyl (C=O) groups excluding carboxylic acids is 1. The van der Waals surface area contributed by atoms with E-state index in [2.05, 4.69) is 10.3 Å². The first-order valence-corrected chi connectivity index (χ1v) is 8.02. The topological polar surface area (TPSA) is 51.2 Å². The molecular formula is C13H11Cl3N2O2S. The minimum atomic E-state index is -0.304. The van der Waals surface area contributed by atoms with Crippen molar-refractivity contribution in [2.75, 3.05) is 11.9 Å². The van der Waals surface area contributed by atoms with E-state index in [4.69, 9.17) is 39.5 Å². The number of aromatic nitrogens is 1. The van der Waals surface area contributed by atoms with Gasteiger partial charge < -0.3 is 10.1 Å². The second-order valence-electron chi connectivity index (χ2n) is 4.00. The zero-order chi connectivity index (χ0) is 15.4. The minimum Gasteiger partial charge on any atom is -0.466 e. The maximum atomic E-state index is 11.4. The van der Waals surface area contributed by atoms with E-state index in [-0.39, 0.29) is 12.4 Å². The van der Waals surface area contributed by atoms with Gasteiger partial charge in [-0.25, -0.2) is 4.98 Å². The Morgan fingerprint density at radius 1 is 1.29 bits per heavy atom. The molecule has 4 nitrogen and oxygen atoms in total. The smallest absolute Gasteiger partial charge is 0.311 e. The highest BCUT2D eigenvalue weighted by molar-refractivity contribution is 7.13. The molecular weight excluding hydrogens is 355 g/mol. The van der Waals surface area contributed by atoms with E-state index in [0.717, 1.165) is 0 Å². The molecule has 21 heavy (non-hydrogen) atoms. The quantitative estimate of drug-likeness (QED) is 0.601. The van der Waals surface area contributed by atoms with Crippen LogP contribution in [-0.2, 0) is 16.0 Å². The van der Waals surface area contributed by atoms with Gasteiger partial charge in [-0.3, -0.25) is 4.79 Å². The van der Waals surface area contributed by atoms with Crippen molar-refractivity contribution in [1.82, 2.24) is 4.98 Å². The summed E-state index contributed by atoms with van der Waals surface area (Å²) in [6.45, 7) is 2.12. The Kier molecular flexibility index (Phi) is 5.70. The molecule has 8 heteroatoms. The summed E-state index contributed by atoms with van der Waals surface area (Å²) in [6.07, 6.45) is 0.140. The van der Waals surface area contributed by atoms with Crippen molar-refractivity contribution >= 4 is 62.9 Å². The van der Waals surface area contributed by atoms with Gasteiger partial charge >= 0.3 is 5.97 Å². The number of anilines is 2. The largest absolute Gasteiger partial charge is 0.466 e. The SMILES string of the molecule is CCOC(=O)Cc1csc(Nc2cc(Cl)c(Cl)cc2Cl)n1. The van der Waals surface area contributed by atoms with Crippen molar-refractivity contribution < 1.29 is 9.53 Å². The van der Waals surface area contributed by atoms with Crippen LogP contribution in [0.5, 0.6) is 0 Å². The van der Waals surface area contributed by atoms with Crippen molar-refractivity contribution in [2.24, 2.45) is 0 Å². The van der Waals surface area contributed by atoms with Crippen molar-refractivity contribution in [3.05, 3.63) is 38.3 Å². The number of thiazole rings is 1. The van der Waals surface area contributed by atoms with E-state index in [1.54, 1.807) is 24.4 Å². The van der Waals surface area contributed by atoms with Gasteiger partial charge in [-0.2, -0.15) is 0 Å². The molecule has 112 valence electrons. The number of hydrogen-bond donors (Lipinski definition) is 1. The lowest BCUT2D eigenvalue weighted by Crippen LogP contribution is -2.07. The van der Waals surface area contributed by atoms with Crippen molar-refractivity contribution in [2.45, 2.75) is 13.3 Å². The van der Waals surface area contributed by atoms with Gasteiger partial charge in [0.2, 0.25) is 0 Å². The minimum absolute atomic E-state index is 0.140. The predicted molar refractivity (Wildman–Crippen MR) is 87.2 cm³/mol. The third-order valence-electron chi connectivity index (χ3n) is 2.43. The first-order chi connectivity index (χ1) is 9.99. The first-order valence-electron chi connectivity index (χ1n) is 6.01. The summed E-state index contributed by atoms with van der Waals surface area (Å²) >= 11 is 19.3. The second-order valence-corrected chi connectivity index (χ2v) is 6.08. The number of nitrogens with zero attached hydrogens (tertiary/aromatic N) is 1. The molecule has 1 N–H and O–H groups in total. The highest BCUT2D eigenvalue weighted by atomic mass is 35.5. The monoisotopic (exact) mass is 364 g/mol. The summed E-state index contributed by atoms with van der Waals surface area (Å²) < 4.78 is 4.87. The van der Waals surface area contributed by atoms with Gasteiger partial charge in [0.1, 0.15) is 0 Å². The maximum absolute atomic E-state index is 11.4. The Morgan fingerprint density at radius 2 is 2.00 bits per heavy atom. The lowest BCUT2D eigenvalue weighted by Gasteiger charge is -2.07. The van der Waals surface area contributed by atoms with Crippen LogP contribution >= 0.6 is 46.1 Å². The number of rotatable bonds is 5. The predicted octanol–water partition coefficient (Wildman–Crippen LogP) is 4.95. The third kappa shape index (κ3) is 4.48. The molecule has 0 saturated carbocycles. The number of ether oxygens (including phenoxy) is 1. The summed E-state index contributed by atoms with van der Waals surface area (Å²) in [7, 11) is 0. The van der Waals surface area contributed by atoms with Crippen LogP contribution < -0.4 is 5.32 Å². The maximum Gasteiger partial charge on any atom is 0.311 e. The van der Waals surface area contributed by atoms with Crippen LogP contribution in [0.2, 0.25) is 15.1 Å². The zero-order valence-electron chi connectivity index (χ0n) is 11.0. The molecule has 0 spiro atoms. The Labute approximate surface area is 141 Å². The lowest BCUT2D eigenvalue weighted by molar-refractivity contribution is -0.142. The molecule has 1 aromatic carbocycles. The van der Waals surface area contributed by atoms with E-state index in [1.807, 2.05) is 0 Å². The fraction of sp³-hybridized carbons (Fsp3) is 0.231. The molecule has 0 aliphatic rings. The van der Waals surface area contributed by atoms with E-state index in [9.17, 15) is 4.79 Å². The van der Waals surface area contributed by atoms with Gasteiger partial charge in [0.15, 0.2) is 5.13 Å². The fourth-order valence-electron chi connectivity index (χ4n) is 1.54. The molecule has 1 heterocycles. The molecule has 0 fully saturated rings. The molecule has 0 bridgehead atoms. The van der Waals surface area contributed by atoms with E-state index in [1.165, 1.54) is 11.3 Å². The average molecular weight is 366 g/mol. The van der Waals surface area contributed by atoms with E-state index < -0.39 is 0 Å². The summed E-state index contributed by atoms with van der Waals surface area (Å²) in [6, 6.07) is 3.18. The molecule has 2 aromatic rings. The number of esters is 1. The Balaban J connectivity index is 2.09. The number of carbonyl (C=O) groups is 1. The van der Waals surface area contributed by atoms with Crippen LogP contribution in [0.15, 0.2) is 17.5 Å². The van der Waals surface area contributed by atoms with Crippen LogP contribution in [0, 0.1) is 0 Å². The number of hydrogen-bond acceptors (Lipinski definition) is 5. The van der Waals surface area contributed by atoms with Gasteiger partial charge in [-0.1, -0.05) is 34.8 Å². The molecule has 0 saturated heterocycles. The molecule has 1 aromatic heterocycles. The van der Waals surface area contributed by atoms with Crippen molar-refractivity contribution in [3.8, 4) is 0 Å².